The Balaban J connectivity index is 2.18. The molecule has 20 heavy (non-hydrogen) atoms. The number of rotatable bonds is 5. The maximum Gasteiger partial charge on any atom is 0.154 e. The summed E-state index contributed by atoms with van der Waals surface area (Å²) >= 11 is 6.10. The van der Waals surface area contributed by atoms with Gasteiger partial charge in [0, 0.05) is 18.1 Å². The number of halogens is 1. The third-order valence-electron chi connectivity index (χ3n) is 3.48. The number of hydrogen-bond acceptors (Lipinski definition) is 5. The van der Waals surface area contributed by atoms with Crippen molar-refractivity contribution in [1.82, 2.24) is 4.90 Å². The van der Waals surface area contributed by atoms with Gasteiger partial charge in [0.1, 0.15) is 0 Å². The van der Waals surface area contributed by atoms with Gasteiger partial charge in [-0.2, -0.15) is 0 Å². The molecule has 1 aromatic rings. The van der Waals surface area contributed by atoms with Crippen LogP contribution in [0.1, 0.15) is 5.56 Å². The third kappa shape index (κ3) is 3.71. The van der Waals surface area contributed by atoms with E-state index < -0.39 is 22.0 Å². The molecule has 0 aromatic heterocycles. The number of aliphatic hydroxyl groups is 2. The molecule has 1 fully saturated rings. The van der Waals surface area contributed by atoms with Gasteiger partial charge in [-0.25, -0.2) is 8.42 Å². The van der Waals surface area contributed by atoms with Gasteiger partial charge in [-0.05, 0) is 11.6 Å². The zero-order valence-electron chi connectivity index (χ0n) is 10.9. The monoisotopic (exact) mass is 319 g/mol. The van der Waals surface area contributed by atoms with E-state index in [4.69, 9.17) is 16.7 Å². The fraction of sp³-hybridized carbons (Fsp3) is 0.538. The first-order chi connectivity index (χ1) is 9.43. The summed E-state index contributed by atoms with van der Waals surface area (Å²) in [6.07, 6.45) is -0.922. The first kappa shape index (κ1) is 15.7. The Labute approximate surface area is 123 Å². The molecule has 2 atom stereocenters. The minimum Gasteiger partial charge on any atom is -0.395 e. The van der Waals surface area contributed by atoms with Gasteiger partial charge >= 0.3 is 0 Å². The Morgan fingerprint density at radius 2 is 2.00 bits per heavy atom. The lowest BCUT2D eigenvalue weighted by atomic mass is 10.1. The van der Waals surface area contributed by atoms with Crippen molar-refractivity contribution in [2.24, 2.45) is 0 Å². The first-order valence-corrected chi connectivity index (χ1v) is 8.59. The van der Waals surface area contributed by atoms with Crippen LogP contribution in [0, 0.1) is 0 Å². The van der Waals surface area contributed by atoms with Crippen LogP contribution in [0.2, 0.25) is 5.02 Å². The number of benzene rings is 1. The molecule has 1 aromatic carbocycles. The second-order valence-corrected chi connectivity index (χ2v) is 7.56. The van der Waals surface area contributed by atoms with Crippen molar-refractivity contribution in [3.05, 3.63) is 34.9 Å². The van der Waals surface area contributed by atoms with Crippen molar-refractivity contribution in [2.45, 2.75) is 18.7 Å². The molecule has 7 heteroatoms. The number of nitrogens with zero attached hydrogens (tertiary/aromatic N) is 1. The molecule has 0 aliphatic carbocycles. The zero-order valence-corrected chi connectivity index (χ0v) is 12.5. The van der Waals surface area contributed by atoms with Gasteiger partial charge < -0.3 is 10.2 Å². The molecular weight excluding hydrogens is 302 g/mol. The summed E-state index contributed by atoms with van der Waals surface area (Å²) in [5.41, 5.74) is 0.846. The Morgan fingerprint density at radius 1 is 1.30 bits per heavy atom. The Morgan fingerprint density at radius 3 is 2.55 bits per heavy atom. The molecule has 0 radical (unpaired) electrons. The van der Waals surface area contributed by atoms with E-state index in [2.05, 4.69) is 0 Å². The Kier molecular flexibility index (Phi) is 5.04. The predicted molar refractivity (Wildman–Crippen MR) is 77.4 cm³/mol. The van der Waals surface area contributed by atoms with Crippen LogP contribution < -0.4 is 0 Å². The van der Waals surface area contributed by atoms with Crippen LogP contribution in [-0.2, 0) is 16.4 Å². The van der Waals surface area contributed by atoms with Crippen molar-refractivity contribution in [2.75, 3.05) is 24.7 Å². The van der Waals surface area contributed by atoms with E-state index in [-0.39, 0.29) is 18.1 Å². The molecule has 5 nitrogen and oxygen atoms in total. The van der Waals surface area contributed by atoms with E-state index in [0.717, 1.165) is 5.56 Å². The Hall–Kier alpha value is -0.660. The number of sulfone groups is 1. The lowest BCUT2D eigenvalue weighted by Gasteiger charge is -2.29. The van der Waals surface area contributed by atoms with Crippen LogP contribution in [0.5, 0.6) is 0 Å². The molecule has 1 heterocycles. The smallest absolute Gasteiger partial charge is 0.154 e. The minimum absolute atomic E-state index is 0.0847. The van der Waals surface area contributed by atoms with Gasteiger partial charge in [0.25, 0.3) is 0 Å². The van der Waals surface area contributed by atoms with Gasteiger partial charge in [0.05, 0.1) is 30.3 Å². The van der Waals surface area contributed by atoms with E-state index in [9.17, 15) is 13.5 Å². The molecular formula is C13H18ClNO4S. The molecule has 0 saturated carbocycles. The third-order valence-corrected chi connectivity index (χ3v) is 5.55. The van der Waals surface area contributed by atoms with Gasteiger partial charge in [0.2, 0.25) is 0 Å². The molecule has 1 saturated heterocycles. The van der Waals surface area contributed by atoms with Crippen LogP contribution in [0.25, 0.3) is 0 Å². The normalized spacial score (nSPS) is 25.2. The summed E-state index contributed by atoms with van der Waals surface area (Å²) < 4.78 is 23.2. The van der Waals surface area contributed by atoms with Crippen LogP contribution in [0.15, 0.2) is 24.3 Å². The number of hydrogen-bond donors (Lipinski definition) is 2. The van der Waals surface area contributed by atoms with Gasteiger partial charge in [-0.3, -0.25) is 4.90 Å². The molecule has 0 unspecified atom stereocenters. The van der Waals surface area contributed by atoms with Crippen molar-refractivity contribution in [1.29, 1.82) is 0 Å². The highest BCUT2D eigenvalue weighted by Gasteiger charge is 2.39. The SMILES string of the molecule is O=S1(=O)C[C@@H](O)[C@@H](N(CCO)Cc2ccccc2Cl)C1. The van der Waals surface area contributed by atoms with Gasteiger partial charge in [0.15, 0.2) is 9.84 Å². The summed E-state index contributed by atoms with van der Waals surface area (Å²) in [6.45, 7) is 0.591. The maximum atomic E-state index is 11.6. The zero-order chi connectivity index (χ0) is 14.8. The van der Waals surface area contributed by atoms with Crippen molar-refractivity contribution in [3.8, 4) is 0 Å². The van der Waals surface area contributed by atoms with Crippen LogP contribution in [0.4, 0.5) is 0 Å². The fourth-order valence-corrected chi connectivity index (χ4v) is 4.52. The molecule has 2 N–H and O–H groups in total. The molecule has 112 valence electrons. The summed E-state index contributed by atoms with van der Waals surface area (Å²) in [4.78, 5) is 1.77. The molecule has 1 aliphatic heterocycles. The van der Waals surface area contributed by atoms with E-state index in [0.29, 0.717) is 18.1 Å². The topological polar surface area (TPSA) is 77.8 Å². The largest absolute Gasteiger partial charge is 0.395 e. The summed E-state index contributed by atoms with van der Waals surface area (Å²) in [7, 11) is -3.22. The second kappa shape index (κ2) is 6.41. The van der Waals surface area contributed by atoms with E-state index in [1.54, 1.807) is 11.0 Å². The average molecular weight is 320 g/mol. The van der Waals surface area contributed by atoms with Crippen LogP contribution in [0.3, 0.4) is 0 Å². The number of aliphatic hydroxyl groups excluding tert-OH is 2. The molecule has 0 spiro atoms. The van der Waals surface area contributed by atoms with Crippen molar-refractivity contribution < 1.29 is 18.6 Å². The lowest BCUT2D eigenvalue weighted by Crippen LogP contribution is -2.44. The Bertz CT molecular complexity index is 563. The summed E-state index contributed by atoms with van der Waals surface area (Å²) in [6, 6.07) is 6.78. The highest BCUT2D eigenvalue weighted by Crippen LogP contribution is 2.23. The fourth-order valence-electron chi connectivity index (χ4n) is 2.50. The summed E-state index contributed by atoms with van der Waals surface area (Å²) in [5.74, 6) is -0.305. The van der Waals surface area contributed by atoms with Crippen molar-refractivity contribution >= 4 is 21.4 Å². The van der Waals surface area contributed by atoms with E-state index >= 15 is 0 Å². The van der Waals surface area contributed by atoms with Gasteiger partial charge in [-0.1, -0.05) is 29.8 Å². The van der Waals surface area contributed by atoms with E-state index in [1.165, 1.54) is 0 Å². The lowest BCUT2D eigenvalue weighted by molar-refractivity contribution is 0.0655. The van der Waals surface area contributed by atoms with E-state index in [1.807, 2.05) is 18.2 Å². The highest BCUT2D eigenvalue weighted by molar-refractivity contribution is 7.91. The minimum atomic E-state index is -3.22. The molecule has 0 bridgehead atoms. The molecule has 1 aliphatic rings. The van der Waals surface area contributed by atoms with Gasteiger partial charge in [-0.15, -0.1) is 0 Å². The highest BCUT2D eigenvalue weighted by atomic mass is 35.5. The van der Waals surface area contributed by atoms with Crippen LogP contribution >= 0.6 is 11.6 Å². The molecule has 0 amide bonds. The standard InChI is InChI=1S/C13H18ClNO4S/c14-11-4-2-1-3-10(11)7-15(5-6-16)12-8-20(18,19)9-13(12)17/h1-4,12-13,16-17H,5-9H2/t12-,13+/m0/s1. The average Bonchev–Trinajstić information content (AvgIpc) is 2.65. The second-order valence-electron chi connectivity index (χ2n) is 5.00. The quantitative estimate of drug-likeness (QED) is 0.816. The predicted octanol–water partition coefficient (Wildman–Crippen LogP) is 0.292. The van der Waals surface area contributed by atoms with Crippen LogP contribution in [-0.4, -0.2) is 60.3 Å². The molecule has 2 rings (SSSR count). The first-order valence-electron chi connectivity index (χ1n) is 6.40. The summed E-state index contributed by atoms with van der Waals surface area (Å²) in [5, 5.41) is 19.7. The maximum absolute atomic E-state index is 11.6. The van der Waals surface area contributed by atoms with Crippen molar-refractivity contribution in [3.63, 3.8) is 0 Å².